The summed E-state index contributed by atoms with van der Waals surface area (Å²) in [6.45, 7) is 4.99. The van der Waals surface area contributed by atoms with Gasteiger partial charge in [0, 0.05) is 80.7 Å². The van der Waals surface area contributed by atoms with Crippen molar-refractivity contribution in [2.24, 2.45) is 0 Å². The zero-order valence-corrected chi connectivity index (χ0v) is 27.9. The summed E-state index contributed by atoms with van der Waals surface area (Å²) in [6.07, 6.45) is 1.28. The van der Waals surface area contributed by atoms with Gasteiger partial charge in [0.2, 0.25) is 5.91 Å². The summed E-state index contributed by atoms with van der Waals surface area (Å²) < 4.78 is 62.5. The van der Waals surface area contributed by atoms with E-state index in [0.29, 0.717) is 6.04 Å². The fourth-order valence-corrected chi connectivity index (χ4v) is 7.14. The van der Waals surface area contributed by atoms with Crippen LogP contribution in [0.1, 0.15) is 43.0 Å². The van der Waals surface area contributed by atoms with Crippen molar-refractivity contribution < 1.29 is 31.5 Å². The Labute approximate surface area is 282 Å². The van der Waals surface area contributed by atoms with Crippen molar-refractivity contribution in [3.8, 4) is 0 Å². The van der Waals surface area contributed by atoms with Crippen molar-refractivity contribution in [1.82, 2.24) is 14.7 Å². The monoisotopic (exact) mass is 734 g/mol. The van der Waals surface area contributed by atoms with Crippen LogP contribution in [0.15, 0.2) is 35.2 Å². The largest absolute Gasteiger partial charge is 0.446 e. The third-order valence-electron chi connectivity index (χ3n) is 7.86. The minimum Gasteiger partial charge on any atom is -0.380 e. The molecule has 45 heavy (non-hydrogen) atoms. The Morgan fingerprint density at radius 2 is 1.47 bits per heavy atom. The SMILES string of the molecule is CC(=O)N1CCC(N2CC(Nc3cc(Cl)c(C(=O)N4CCC(F)(F)CC4)c(Cl)c3)C2)CC1.FC(F)(F)Sc1cc(Cl)ccc1Cl. The van der Waals surface area contributed by atoms with E-state index in [1.54, 1.807) is 19.1 Å². The summed E-state index contributed by atoms with van der Waals surface area (Å²) in [5, 5.41) is 4.13. The fraction of sp³-hybridized carbons (Fsp3) is 0.517. The highest BCUT2D eigenvalue weighted by molar-refractivity contribution is 8.00. The summed E-state index contributed by atoms with van der Waals surface area (Å²) >= 11 is 23.5. The Bertz CT molecular complexity index is 1360. The minimum atomic E-state index is -4.34. The minimum absolute atomic E-state index is 0.0122. The molecular weight excluding hydrogens is 705 g/mol. The van der Waals surface area contributed by atoms with Gasteiger partial charge in [0.1, 0.15) is 0 Å². The van der Waals surface area contributed by atoms with E-state index < -0.39 is 17.3 Å². The van der Waals surface area contributed by atoms with Crippen molar-refractivity contribution >= 4 is 75.7 Å². The Morgan fingerprint density at radius 3 is 2.00 bits per heavy atom. The van der Waals surface area contributed by atoms with Gasteiger partial charge in [-0.05, 0) is 54.9 Å². The van der Waals surface area contributed by atoms with E-state index in [-0.39, 0.29) is 80.2 Å². The van der Waals surface area contributed by atoms with Crippen LogP contribution < -0.4 is 5.32 Å². The molecule has 0 aromatic heterocycles. The van der Waals surface area contributed by atoms with Crippen LogP contribution in [-0.2, 0) is 4.79 Å². The second-order valence-corrected chi connectivity index (χ2v) is 13.9. The number of carbonyl (C=O) groups excluding carboxylic acids is 2. The first-order chi connectivity index (χ1) is 21.0. The molecule has 2 amide bonds. The van der Waals surface area contributed by atoms with Crippen LogP contribution in [-0.4, -0.2) is 89.3 Å². The van der Waals surface area contributed by atoms with E-state index in [0.717, 1.165) is 44.7 Å². The zero-order valence-electron chi connectivity index (χ0n) is 24.1. The van der Waals surface area contributed by atoms with Crippen LogP contribution >= 0.6 is 58.2 Å². The quantitative estimate of drug-likeness (QED) is 0.246. The third-order valence-corrected chi connectivity index (χ3v) is 9.93. The first-order valence-electron chi connectivity index (χ1n) is 14.1. The lowest BCUT2D eigenvalue weighted by molar-refractivity contribution is -0.130. The van der Waals surface area contributed by atoms with Crippen molar-refractivity contribution in [3.05, 3.63) is 56.0 Å². The van der Waals surface area contributed by atoms with Crippen molar-refractivity contribution in [3.63, 3.8) is 0 Å². The van der Waals surface area contributed by atoms with Crippen LogP contribution in [0.2, 0.25) is 20.1 Å². The van der Waals surface area contributed by atoms with Gasteiger partial charge in [-0.25, -0.2) is 8.78 Å². The van der Waals surface area contributed by atoms with Gasteiger partial charge in [0.25, 0.3) is 11.8 Å². The highest BCUT2D eigenvalue weighted by atomic mass is 35.5. The van der Waals surface area contributed by atoms with E-state index in [1.807, 2.05) is 4.90 Å². The van der Waals surface area contributed by atoms with Crippen LogP contribution in [0.25, 0.3) is 0 Å². The van der Waals surface area contributed by atoms with Crippen molar-refractivity contribution in [1.29, 1.82) is 0 Å². The summed E-state index contributed by atoms with van der Waals surface area (Å²) in [4.78, 5) is 29.9. The molecule has 3 fully saturated rings. The normalized spacial score (nSPS) is 19.4. The van der Waals surface area contributed by atoms with E-state index in [1.165, 1.54) is 23.1 Å². The standard InChI is InChI=1S/C22H28Cl2F2N4O2.C7H3Cl2F3S/c1-14(31)28-6-2-17(3-7-28)30-12-16(13-30)27-15-10-18(23)20(19(24)11-15)21(32)29-8-4-22(25,26)5-9-29;8-4-1-2-5(9)6(3-4)13-7(10,11)12/h10-11,16-17,27H,2-9,12-13H2,1H3;1-3H. The zero-order chi connectivity index (χ0) is 33.1. The molecule has 0 spiro atoms. The molecule has 0 bridgehead atoms. The van der Waals surface area contributed by atoms with Crippen molar-refractivity contribution in [2.75, 3.05) is 44.6 Å². The number of nitrogens with one attached hydrogen (secondary N) is 1. The predicted molar refractivity (Wildman–Crippen MR) is 169 cm³/mol. The lowest BCUT2D eigenvalue weighted by atomic mass is 9.97. The molecule has 5 rings (SSSR count). The first-order valence-corrected chi connectivity index (χ1v) is 16.5. The summed E-state index contributed by atoms with van der Waals surface area (Å²) in [6, 6.07) is 8.04. The van der Waals surface area contributed by atoms with E-state index >= 15 is 0 Å². The molecule has 3 aliphatic heterocycles. The Kier molecular flexibility index (Phi) is 12.1. The maximum absolute atomic E-state index is 13.4. The maximum Gasteiger partial charge on any atom is 0.446 e. The number of nitrogens with zero attached hydrogens (tertiary/aromatic N) is 3. The third kappa shape index (κ3) is 10.1. The average molecular weight is 736 g/mol. The van der Waals surface area contributed by atoms with E-state index in [9.17, 15) is 31.5 Å². The second-order valence-electron chi connectivity index (χ2n) is 11.1. The lowest BCUT2D eigenvalue weighted by Gasteiger charge is -2.47. The molecule has 248 valence electrons. The van der Waals surface area contributed by atoms with Crippen LogP contribution in [0.3, 0.4) is 0 Å². The number of alkyl halides is 5. The first kappa shape index (κ1) is 36.1. The smallest absolute Gasteiger partial charge is 0.380 e. The molecule has 0 aliphatic carbocycles. The van der Waals surface area contributed by atoms with Crippen LogP contribution in [0, 0.1) is 0 Å². The number of amides is 2. The molecule has 0 radical (unpaired) electrons. The number of thioether (sulfide) groups is 1. The highest BCUT2D eigenvalue weighted by Crippen LogP contribution is 2.41. The number of hydrogen-bond donors (Lipinski definition) is 1. The fourth-order valence-electron chi connectivity index (χ4n) is 5.42. The summed E-state index contributed by atoms with van der Waals surface area (Å²) in [7, 11) is 0. The van der Waals surface area contributed by atoms with Crippen molar-refractivity contribution in [2.45, 2.75) is 61.0 Å². The molecule has 1 N–H and O–H groups in total. The Hall–Kier alpha value is -1.70. The molecular formula is C29H31Cl4F5N4O2S. The lowest BCUT2D eigenvalue weighted by Crippen LogP contribution is -2.60. The number of halogens is 9. The van der Waals surface area contributed by atoms with Gasteiger partial charge in [0.05, 0.1) is 26.7 Å². The maximum atomic E-state index is 13.4. The number of anilines is 1. The van der Waals surface area contributed by atoms with E-state index in [4.69, 9.17) is 46.4 Å². The second kappa shape index (κ2) is 15.0. The van der Waals surface area contributed by atoms with Crippen LogP contribution in [0.4, 0.5) is 27.6 Å². The molecule has 16 heteroatoms. The number of benzene rings is 2. The van der Waals surface area contributed by atoms with E-state index in [2.05, 4.69) is 10.2 Å². The molecule has 3 heterocycles. The molecule has 0 atom stereocenters. The summed E-state index contributed by atoms with van der Waals surface area (Å²) in [5.41, 5.74) is -3.44. The highest BCUT2D eigenvalue weighted by Gasteiger charge is 2.37. The Morgan fingerprint density at radius 1 is 0.889 bits per heavy atom. The number of piperidine rings is 2. The average Bonchev–Trinajstić information content (AvgIpc) is 2.92. The molecule has 6 nitrogen and oxygen atoms in total. The number of hydrogen-bond acceptors (Lipinski definition) is 5. The molecule has 0 unspecified atom stereocenters. The number of carbonyl (C=O) groups is 2. The van der Waals surface area contributed by atoms with Crippen LogP contribution in [0.5, 0.6) is 0 Å². The van der Waals surface area contributed by atoms with Gasteiger partial charge >= 0.3 is 5.51 Å². The van der Waals surface area contributed by atoms with Gasteiger partial charge in [0.15, 0.2) is 0 Å². The Balaban J connectivity index is 0.000000297. The van der Waals surface area contributed by atoms with Gasteiger partial charge in [-0.3, -0.25) is 14.5 Å². The molecule has 0 saturated carbocycles. The van der Waals surface area contributed by atoms with Gasteiger partial charge < -0.3 is 15.1 Å². The molecule has 3 saturated heterocycles. The predicted octanol–water partition coefficient (Wildman–Crippen LogP) is 8.58. The van der Waals surface area contributed by atoms with Gasteiger partial charge in [-0.1, -0.05) is 46.4 Å². The van der Waals surface area contributed by atoms with Gasteiger partial charge in [-0.15, -0.1) is 0 Å². The topological polar surface area (TPSA) is 55.9 Å². The number of likely N-dealkylation sites (tertiary alicyclic amines) is 3. The molecule has 2 aromatic rings. The molecule has 3 aliphatic rings. The number of rotatable bonds is 5. The summed E-state index contributed by atoms with van der Waals surface area (Å²) in [5.74, 6) is -2.99. The van der Waals surface area contributed by atoms with Gasteiger partial charge in [-0.2, -0.15) is 13.2 Å². The molecule has 2 aromatic carbocycles.